The van der Waals surface area contributed by atoms with Crippen molar-refractivity contribution in [2.45, 2.75) is 25.6 Å². The Balaban J connectivity index is 0.00000220. The van der Waals surface area contributed by atoms with Crippen LogP contribution in [0.5, 0.6) is 0 Å². The molecule has 0 radical (unpaired) electrons. The highest BCUT2D eigenvalue weighted by molar-refractivity contribution is 6.30. The van der Waals surface area contributed by atoms with Crippen LogP contribution in [-0.2, 0) is 6.54 Å². The second kappa shape index (κ2) is 8.35. The lowest BCUT2D eigenvalue weighted by Crippen LogP contribution is -3.00. The molecule has 2 aromatic rings. The van der Waals surface area contributed by atoms with Gasteiger partial charge in [-0.2, -0.15) is 0 Å². The van der Waals surface area contributed by atoms with Crippen LogP contribution in [0.2, 0.25) is 5.02 Å². The molecule has 0 aliphatic carbocycles. The number of halogens is 3. The number of rotatable bonds is 5. The first-order valence-electron chi connectivity index (χ1n) is 6.57. The SMILES string of the molecule is CC([NH2+]Cc1ccc(F)cc1)C(O)c1ccc(Cl)cc1.[Cl-]. The molecule has 0 saturated carbocycles. The van der Waals surface area contributed by atoms with E-state index in [1.54, 1.807) is 24.3 Å². The molecule has 0 heterocycles. The highest BCUT2D eigenvalue weighted by Crippen LogP contribution is 2.17. The van der Waals surface area contributed by atoms with Gasteiger partial charge >= 0.3 is 0 Å². The molecular formula is C16H18Cl2FNO. The third kappa shape index (κ3) is 5.29. The fraction of sp³-hybridized carbons (Fsp3) is 0.250. The maximum absolute atomic E-state index is 12.8. The summed E-state index contributed by atoms with van der Waals surface area (Å²) in [6.45, 7) is 2.66. The second-order valence-corrected chi connectivity index (χ2v) is 5.36. The summed E-state index contributed by atoms with van der Waals surface area (Å²) in [5, 5.41) is 13.0. The van der Waals surface area contributed by atoms with E-state index in [4.69, 9.17) is 11.6 Å². The smallest absolute Gasteiger partial charge is 0.130 e. The van der Waals surface area contributed by atoms with Gasteiger partial charge in [0.1, 0.15) is 24.5 Å². The number of nitrogens with two attached hydrogens (primary N) is 1. The van der Waals surface area contributed by atoms with Gasteiger partial charge in [-0.05, 0) is 36.8 Å². The number of hydrogen-bond acceptors (Lipinski definition) is 1. The van der Waals surface area contributed by atoms with Crippen LogP contribution in [0.15, 0.2) is 48.5 Å². The van der Waals surface area contributed by atoms with E-state index < -0.39 is 6.10 Å². The van der Waals surface area contributed by atoms with Gasteiger partial charge in [0, 0.05) is 10.6 Å². The van der Waals surface area contributed by atoms with Crippen molar-refractivity contribution in [2.75, 3.05) is 0 Å². The van der Waals surface area contributed by atoms with Crippen molar-refractivity contribution >= 4 is 11.6 Å². The number of aliphatic hydroxyl groups excluding tert-OH is 1. The summed E-state index contributed by atoms with van der Waals surface area (Å²) in [5.74, 6) is -0.233. The maximum Gasteiger partial charge on any atom is 0.130 e. The molecule has 2 aromatic carbocycles. The van der Waals surface area contributed by atoms with E-state index in [9.17, 15) is 9.50 Å². The van der Waals surface area contributed by atoms with Gasteiger partial charge < -0.3 is 22.8 Å². The Bertz CT molecular complexity index is 545. The molecule has 2 unspecified atom stereocenters. The molecule has 5 heteroatoms. The van der Waals surface area contributed by atoms with Crippen LogP contribution in [0.25, 0.3) is 0 Å². The first kappa shape index (κ1) is 17.9. The molecule has 0 fully saturated rings. The van der Waals surface area contributed by atoms with E-state index in [-0.39, 0.29) is 24.3 Å². The van der Waals surface area contributed by atoms with Gasteiger partial charge in [0.25, 0.3) is 0 Å². The number of benzene rings is 2. The Hall–Kier alpha value is -1.13. The minimum atomic E-state index is -0.562. The summed E-state index contributed by atoms with van der Waals surface area (Å²) < 4.78 is 12.8. The average Bonchev–Trinajstić information content (AvgIpc) is 2.46. The minimum Gasteiger partial charge on any atom is -1.00 e. The van der Waals surface area contributed by atoms with Crippen molar-refractivity contribution in [3.8, 4) is 0 Å². The zero-order chi connectivity index (χ0) is 14.5. The molecule has 0 aliphatic rings. The Morgan fingerprint density at radius 3 is 2.24 bits per heavy atom. The van der Waals surface area contributed by atoms with Crippen LogP contribution in [0.4, 0.5) is 4.39 Å². The summed E-state index contributed by atoms with van der Waals surface area (Å²) in [6, 6.07) is 13.6. The van der Waals surface area contributed by atoms with Crippen LogP contribution in [0.1, 0.15) is 24.2 Å². The Morgan fingerprint density at radius 1 is 1.10 bits per heavy atom. The average molecular weight is 330 g/mol. The number of hydrogen-bond donors (Lipinski definition) is 2. The standard InChI is InChI=1S/C16H17ClFNO.ClH/c1-11(16(20)13-4-6-14(17)7-5-13)19-10-12-2-8-15(18)9-3-12;/h2-9,11,16,19-20H,10H2,1H3;1H. The van der Waals surface area contributed by atoms with Crippen molar-refractivity contribution in [2.24, 2.45) is 0 Å². The van der Waals surface area contributed by atoms with Crippen LogP contribution < -0.4 is 17.7 Å². The number of aliphatic hydroxyl groups is 1. The minimum absolute atomic E-state index is 0. The first-order valence-corrected chi connectivity index (χ1v) is 6.95. The summed E-state index contributed by atoms with van der Waals surface area (Å²) in [7, 11) is 0. The van der Waals surface area contributed by atoms with Crippen molar-refractivity contribution in [1.29, 1.82) is 0 Å². The highest BCUT2D eigenvalue weighted by Gasteiger charge is 2.18. The van der Waals surface area contributed by atoms with Crippen molar-refractivity contribution < 1.29 is 27.2 Å². The number of quaternary nitrogens is 1. The predicted octanol–water partition coefficient (Wildman–Crippen LogP) is -0.331. The molecule has 0 spiro atoms. The van der Waals surface area contributed by atoms with Crippen LogP contribution in [0.3, 0.4) is 0 Å². The topological polar surface area (TPSA) is 36.8 Å². The highest BCUT2D eigenvalue weighted by atomic mass is 35.5. The van der Waals surface area contributed by atoms with Gasteiger partial charge in [0.2, 0.25) is 0 Å². The molecule has 0 bridgehead atoms. The van der Waals surface area contributed by atoms with Crippen molar-refractivity contribution in [3.63, 3.8) is 0 Å². The molecule has 2 rings (SSSR count). The Morgan fingerprint density at radius 2 is 1.67 bits per heavy atom. The molecular weight excluding hydrogens is 312 g/mol. The zero-order valence-corrected chi connectivity index (χ0v) is 13.2. The molecule has 0 aliphatic heterocycles. The largest absolute Gasteiger partial charge is 1.00 e. The summed E-state index contributed by atoms with van der Waals surface area (Å²) >= 11 is 5.83. The molecule has 21 heavy (non-hydrogen) atoms. The van der Waals surface area contributed by atoms with Gasteiger partial charge in [-0.15, -0.1) is 0 Å². The summed E-state index contributed by atoms with van der Waals surface area (Å²) in [6.07, 6.45) is -0.562. The second-order valence-electron chi connectivity index (χ2n) is 4.92. The Kier molecular flexibility index (Phi) is 7.12. The van der Waals surface area contributed by atoms with Gasteiger partial charge in [-0.1, -0.05) is 35.9 Å². The van der Waals surface area contributed by atoms with Crippen LogP contribution in [-0.4, -0.2) is 11.1 Å². The van der Waals surface area contributed by atoms with E-state index in [0.29, 0.717) is 11.6 Å². The maximum atomic E-state index is 12.8. The lowest BCUT2D eigenvalue weighted by atomic mass is 10.0. The lowest BCUT2D eigenvalue weighted by Gasteiger charge is -2.18. The fourth-order valence-electron chi connectivity index (χ4n) is 2.03. The quantitative estimate of drug-likeness (QED) is 0.774. The normalized spacial score (nSPS) is 13.3. The van der Waals surface area contributed by atoms with Gasteiger partial charge in [-0.3, -0.25) is 0 Å². The Labute approximate surface area is 135 Å². The third-order valence-electron chi connectivity index (χ3n) is 3.35. The summed E-state index contributed by atoms with van der Waals surface area (Å²) in [5.41, 5.74) is 1.87. The van der Waals surface area contributed by atoms with Crippen LogP contribution >= 0.6 is 11.6 Å². The zero-order valence-electron chi connectivity index (χ0n) is 11.6. The fourth-order valence-corrected chi connectivity index (χ4v) is 2.16. The van der Waals surface area contributed by atoms with E-state index in [2.05, 4.69) is 0 Å². The molecule has 0 amide bonds. The monoisotopic (exact) mass is 329 g/mol. The van der Waals surface area contributed by atoms with E-state index in [0.717, 1.165) is 11.1 Å². The van der Waals surface area contributed by atoms with E-state index >= 15 is 0 Å². The molecule has 3 N–H and O–H groups in total. The third-order valence-corrected chi connectivity index (χ3v) is 3.60. The summed E-state index contributed by atoms with van der Waals surface area (Å²) in [4.78, 5) is 0. The van der Waals surface area contributed by atoms with E-state index in [1.807, 2.05) is 24.4 Å². The van der Waals surface area contributed by atoms with Gasteiger partial charge in [-0.25, -0.2) is 4.39 Å². The van der Waals surface area contributed by atoms with Crippen molar-refractivity contribution in [1.82, 2.24) is 0 Å². The lowest BCUT2D eigenvalue weighted by molar-refractivity contribution is -0.709. The first-order chi connectivity index (χ1) is 9.56. The van der Waals surface area contributed by atoms with Gasteiger partial charge in [0.15, 0.2) is 0 Å². The molecule has 2 nitrogen and oxygen atoms in total. The predicted molar refractivity (Wildman–Crippen MR) is 77.9 cm³/mol. The van der Waals surface area contributed by atoms with Gasteiger partial charge in [0.05, 0.1) is 0 Å². The van der Waals surface area contributed by atoms with Crippen molar-refractivity contribution in [3.05, 3.63) is 70.5 Å². The molecule has 0 saturated heterocycles. The molecule has 0 aromatic heterocycles. The van der Waals surface area contributed by atoms with E-state index in [1.165, 1.54) is 12.1 Å². The van der Waals surface area contributed by atoms with Crippen LogP contribution in [0, 0.1) is 5.82 Å². The molecule has 114 valence electrons. The molecule has 2 atom stereocenters.